The van der Waals surface area contributed by atoms with Gasteiger partial charge >= 0.3 is 24.3 Å². The number of H-pyrrole nitrogens is 1. The molecule has 1 aromatic carbocycles. The van der Waals surface area contributed by atoms with Crippen LogP contribution in [-0.4, -0.2) is 69.7 Å². The first-order chi connectivity index (χ1) is 16.5. The number of benzene rings is 1. The number of rotatable bonds is 8. The van der Waals surface area contributed by atoms with E-state index in [1.54, 1.807) is 0 Å². The summed E-state index contributed by atoms with van der Waals surface area (Å²) in [5, 5.41) is 21.6. The van der Waals surface area contributed by atoms with Crippen molar-refractivity contribution in [1.82, 2.24) is 15.1 Å². The normalized spacial score (nSPS) is 12.2. The predicted molar refractivity (Wildman–Crippen MR) is 121 cm³/mol. The van der Waals surface area contributed by atoms with Crippen LogP contribution in [0.1, 0.15) is 48.2 Å². The van der Waals surface area contributed by atoms with E-state index in [0.29, 0.717) is 5.92 Å². The summed E-state index contributed by atoms with van der Waals surface area (Å²) in [4.78, 5) is 20.3. The molecule has 0 unspecified atom stereocenters. The smallest absolute Gasteiger partial charge is 0.475 e. The van der Waals surface area contributed by atoms with Gasteiger partial charge in [0.25, 0.3) is 0 Å². The van der Waals surface area contributed by atoms with Crippen LogP contribution in [0.5, 0.6) is 0 Å². The van der Waals surface area contributed by atoms with Gasteiger partial charge in [-0.2, -0.15) is 31.4 Å². The van der Waals surface area contributed by atoms with Crippen molar-refractivity contribution in [1.29, 1.82) is 0 Å². The molecule has 7 nitrogen and oxygen atoms in total. The van der Waals surface area contributed by atoms with E-state index in [0.717, 1.165) is 25.2 Å². The molecule has 0 fully saturated rings. The minimum atomic E-state index is -5.08. The number of alkyl halides is 6. The van der Waals surface area contributed by atoms with E-state index >= 15 is 0 Å². The zero-order chi connectivity index (χ0) is 28.1. The predicted octanol–water partition coefficient (Wildman–Crippen LogP) is 5.35. The van der Waals surface area contributed by atoms with Crippen LogP contribution in [0.4, 0.5) is 26.3 Å². The SMILES string of the molecule is CC[C@@H](CN(C)CCCc1c(C)n[nH]c1C)c1ccccc1.O=C(O)C(F)(F)F.O=C(O)C(F)(F)F. The molecule has 2 aromatic rings. The molecule has 204 valence electrons. The molecule has 3 N–H and O–H groups in total. The third-order valence-electron chi connectivity index (χ3n) is 5.03. The summed E-state index contributed by atoms with van der Waals surface area (Å²) < 4.78 is 63.5. The van der Waals surface area contributed by atoms with E-state index < -0.39 is 24.3 Å². The van der Waals surface area contributed by atoms with Crippen LogP contribution in [0.2, 0.25) is 0 Å². The van der Waals surface area contributed by atoms with Gasteiger partial charge in [-0.1, -0.05) is 37.3 Å². The summed E-state index contributed by atoms with van der Waals surface area (Å²) in [5.74, 6) is -4.89. The molecule has 0 saturated carbocycles. The number of nitrogens with zero attached hydrogens (tertiary/aromatic N) is 2. The van der Waals surface area contributed by atoms with Gasteiger partial charge in [-0.3, -0.25) is 5.10 Å². The highest BCUT2D eigenvalue weighted by molar-refractivity contribution is 5.73. The fourth-order valence-electron chi connectivity index (χ4n) is 3.13. The average Bonchev–Trinajstić information content (AvgIpc) is 3.09. The molecule has 36 heavy (non-hydrogen) atoms. The Morgan fingerprint density at radius 3 is 1.83 bits per heavy atom. The van der Waals surface area contributed by atoms with Crippen molar-refractivity contribution in [3.8, 4) is 0 Å². The molecular formula is C23H31F6N3O4. The van der Waals surface area contributed by atoms with Crippen molar-refractivity contribution in [2.24, 2.45) is 0 Å². The molecule has 0 aliphatic rings. The second-order valence-electron chi connectivity index (χ2n) is 7.90. The van der Waals surface area contributed by atoms with Crippen molar-refractivity contribution in [3.05, 3.63) is 52.8 Å². The summed E-state index contributed by atoms with van der Waals surface area (Å²) >= 11 is 0. The Kier molecular flexibility index (Phi) is 13.8. The van der Waals surface area contributed by atoms with Crippen LogP contribution < -0.4 is 0 Å². The van der Waals surface area contributed by atoms with Crippen LogP contribution >= 0.6 is 0 Å². The lowest BCUT2D eigenvalue weighted by Gasteiger charge is -2.23. The van der Waals surface area contributed by atoms with Gasteiger partial charge in [-0.05, 0) is 63.7 Å². The van der Waals surface area contributed by atoms with Gasteiger partial charge in [-0.15, -0.1) is 0 Å². The first-order valence-electron chi connectivity index (χ1n) is 10.8. The van der Waals surface area contributed by atoms with Crippen LogP contribution in [0.25, 0.3) is 0 Å². The second kappa shape index (κ2) is 15.1. The van der Waals surface area contributed by atoms with Crippen LogP contribution in [0.15, 0.2) is 30.3 Å². The Labute approximate surface area is 205 Å². The highest BCUT2D eigenvalue weighted by Gasteiger charge is 2.38. The highest BCUT2D eigenvalue weighted by Crippen LogP contribution is 2.20. The van der Waals surface area contributed by atoms with E-state index in [-0.39, 0.29) is 0 Å². The molecule has 0 aliphatic heterocycles. The zero-order valence-corrected chi connectivity index (χ0v) is 20.4. The van der Waals surface area contributed by atoms with Crippen LogP contribution in [0.3, 0.4) is 0 Å². The Morgan fingerprint density at radius 1 is 1.00 bits per heavy atom. The quantitative estimate of drug-likeness (QED) is 0.400. The maximum Gasteiger partial charge on any atom is 0.490 e. The first kappa shape index (κ1) is 32.9. The summed E-state index contributed by atoms with van der Waals surface area (Å²) in [6.07, 6.45) is -6.68. The van der Waals surface area contributed by atoms with Crippen molar-refractivity contribution in [2.75, 3.05) is 20.1 Å². The minimum Gasteiger partial charge on any atom is -0.475 e. The van der Waals surface area contributed by atoms with Gasteiger partial charge in [0.15, 0.2) is 0 Å². The number of nitrogens with one attached hydrogen (secondary N) is 1. The van der Waals surface area contributed by atoms with Crippen molar-refractivity contribution in [2.45, 2.75) is 58.3 Å². The number of aromatic nitrogens is 2. The Bertz CT molecular complexity index is 887. The Morgan fingerprint density at radius 2 is 1.47 bits per heavy atom. The summed E-state index contributed by atoms with van der Waals surface area (Å²) in [5.41, 5.74) is 5.22. The third kappa shape index (κ3) is 13.1. The summed E-state index contributed by atoms with van der Waals surface area (Å²) in [6.45, 7) is 8.74. The molecule has 0 radical (unpaired) electrons. The summed E-state index contributed by atoms with van der Waals surface area (Å²) in [7, 11) is 2.24. The number of hydrogen-bond acceptors (Lipinski definition) is 4. The fourth-order valence-corrected chi connectivity index (χ4v) is 3.13. The zero-order valence-electron chi connectivity index (χ0n) is 20.4. The molecule has 2 rings (SSSR count). The lowest BCUT2D eigenvalue weighted by Crippen LogP contribution is -2.26. The number of aliphatic carboxylic acids is 2. The molecule has 0 saturated heterocycles. The van der Waals surface area contributed by atoms with Crippen molar-refractivity contribution < 1.29 is 46.1 Å². The van der Waals surface area contributed by atoms with E-state index in [9.17, 15) is 26.3 Å². The first-order valence-corrected chi connectivity index (χ1v) is 10.8. The lowest BCUT2D eigenvalue weighted by atomic mass is 9.96. The van der Waals surface area contributed by atoms with Crippen molar-refractivity contribution in [3.63, 3.8) is 0 Å². The van der Waals surface area contributed by atoms with Crippen LogP contribution in [-0.2, 0) is 16.0 Å². The number of carbonyl (C=O) groups is 2. The molecule has 1 heterocycles. The number of aryl methyl sites for hydroxylation is 2. The van der Waals surface area contributed by atoms with Gasteiger partial charge in [0.2, 0.25) is 0 Å². The average molecular weight is 528 g/mol. The third-order valence-corrected chi connectivity index (χ3v) is 5.03. The van der Waals surface area contributed by atoms with Gasteiger partial charge in [0, 0.05) is 12.2 Å². The van der Waals surface area contributed by atoms with Gasteiger partial charge in [0.1, 0.15) is 0 Å². The monoisotopic (exact) mass is 527 g/mol. The molecular weight excluding hydrogens is 496 g/mol. The number of carboxylic acids is 2. The maximum absolute atomic E-state index is 10.6. The second-order valence-corrected chi connectivity index (χ2v) is 7.90. The molecule has 0 amide bonds. The number of aromatic amines is 1. The molecule has 13 heteroatoms. The van der Waals surface area contributed by atoms with E-state index in [1.165, 1.54) is 29.7 Å². The number of likely N-dealkylation sites (N-methyl/N-ethyl adjacent to an activating group) is 1. The summed E-state index contributed by atoms with van der Waals surface area (Å²) in [6, 6.07) is 10.9. The van der Waals surface area contributed by atoms with Gasteiger partial charge in [-0.25, -0.2) is 9.59 Å². The largest absolute Gasteiger partial charge is 0.490 e. The highest BCUT2D eigenvalue weighted by atomic mass is 19.4. The molecule has 0 spiro atoms. The van der Waals surface area contributed by atoms with E-state index in [1.807, 2.05) is 0 Å². The molecule has 1 aromatic heterocycles. The topological polar surface area (TPSA) is 107 Å². The number of halogens is 6. The number of carboxylic acid groups (broad SMARTS) is 2. The Balaban J connectivity index is 0.000000720. The van der Waals surface area contributed by atoms with Crippen molar-refractivity contribution >= 4 is 11.9 Å². The minimum absolute atomic E-state index is 0.628. The fraction of sp³-hybridized carbons (Fsp3) is 0.522. The van der Waals surface area contributed by atoms with Crippen LogP contribution in [0, 0.1) is 13.8 Å². The Hall–Kier alpha value is -3.09. The standard InChI is InChI=1S/C19H29N3.2C2HF3O2/c1-5-17(18-10-7-6-8-11-18)14-22(4)13-9-12-19-15(2)20-21-16(19)3;2*3-2(4,5)1(6)7/h6-8,10-11,17H,5,9,12-14H2,1-4H3,(H,20,21);2*(H,6,7)/t17-;;/m0../s1. The number of hydrogen-bond donors (Lipinski definition) is 3. The molecule has 0 bridgehead atoms. The van der Waals surface area contributed by atoms with Gasteiger partial charge < -0.3 is 15.1 Å². The van der Waals surface area contributed by atoms with E-state index in [4.69, 9.17) is 19.8 Å². The van der Waals surface area contributed by atoms with Gasteiger partial charge in [0.05, 0.1) is 5.69 Å². The maximum atomic E-state index is 10.6. The lowest BCUT2D eigenvalue weighted by molar-refractivity contribution is -0.193. The van der Waals surface area contributed by atoms with E-state index in [2.05, 4.69) is 73.2 Å². The molecule has 1 atom stereocenters. The molecule has 0 aliphatic carbocycles.